The fourth-order valence-electron chi connectivity index (χ4n) is 5.81. The van der Waals surface area contributed by atoms with Crippen molar-refractivity contribution in [2.24, 2.45) is 11.7 Å². The number of amides is 4. The quantitative estimate of drug-likeness (QED) is 0.391. The summed E-state index contributed by atoms with van der Waals surface area (Å²) in [6.07, 6.45) is 0.246. The van der Waals surface area contributed by atoms with Crippen LogP contribution < -0.4 is 11.1 Å². The van der Waals surface area contributed by atoms with Crippen molar-refractivity contribution in [3.8, 4) is 0 Å². The summed E-state index contributed by atoms with van der Waals surface area (Å²) in [5, 5.41) is 2.88. The van der Waals surface area contributed by atoms with E-state index in [4.69, 9.17) is 5.73 Å². The minimum atomic E-state index is -1.18. The first-order valence-corrected chi connectivity index (χ1v) is 13.6. The highest BCUT2D eigenvalue weighted by molar-refractivity contribution is 9.10. The molecule has 40 heavy (non-hydrogen) atoms. The number of nitrogens with two attached hydrogens (primary N) is 1. The van der Waals surface area contributed by atoms with Crippen LogP contribution in [0.3, 0.4) is 0 Å². The largest absolute Gasteiger partial charge is 0.368 e. The number of H-pyrrole nitrogens is 1. The molecule has 3 heterocycles. The van der Waals surface area contributed by atoms with Gasteiger partial charge in [0.25, 0.3) is 5.91 Å². The predicted octanol–water partition coefficient (Wildman–Crippen LogP) is 3.67. The van der Waals surface area contributed by atoms with Crippen LogP contribution in [-0.4, -0.2) is 64.1 Å². The number of nitrogens with one attached hydrogen (secondary N) is 2. The third kappa shape index (κ3) is 4.53. The molecule has 1 saturated heterocycles. The van der Waals surface area contributed by atoms with Gasteiger partial charge in [-0.1, -0.05) is 29.8 Å². The van der Waals surface area contributed by atoms with Gasteiger partial charge in [-0.25, -0.2) is 8.78 Å². The van der Waals surface area contributed by atoms with Crippen LogP contribution in [-0.2, 0) is 19.8 Å². The number of hydrogen-bond acceptors (Lipinski definition) is 4. The summed E-state index contributed by atoms with van der Waals surface area (Å²) in [4.78, 5) is 58.8. The molecule has 0 radical (unpaired) electrons. The van der Waals surface area contributed by atoms with E-state index in [1.54, 1.807) is 18.2 Å². The van der Waals surface area contributed by atoms with Crippen LogP contribution in [0.4, 0.5) is 14.5 Å². The van der Waals surface area contributed by atoms with Crippen molar-refractivity contribution in [3.05, 3.63) is 63.8 Å². The molecule has 3 atom stereocenters. The van der Waals surface area contributed by atoms with E-state index < -0.39 is 46.9 Å². The molecule has 2 aliphatic heterocycles. The number of halogens is 3. The molecule has 1 fully saturated rings. The van der Waals surface area contributed by atoms with Gasteiger partial charge in [0.2, 0.25) is 17.7 Å². The predicted molar refractivity (Wildman–Crippen MR) is 147 cm³/mol. The average molecular weight is 616 g/mol. The number of carbonyl (C=O) groups is 4. The Morgan fingerprint density at radius 2 is 1.93 bits per heavy atom. The fourth-order valence-corrected chi connectivity index (χ4v) is 6.17. The Labute approximate surface area is 237 Å². The highest BCUT2D eigenvalue weighted by atomic mass is 79.9. The van der Waals surface area contributed by atoms with Crippen LogP contribution >= 0.6 is 15.9 Å². The van der Waals surface area contributed by atoms with E-state index >= 15 is 0 Å². The highest BCUT2D eigenvalue weighted by Crippen LogP contribution is 2.47. The van der Waals surface area contributed by atoms with Gasteiger partial charge in [-0.2, -0.15) is 0 Å². The molecular weight excluding hydrogens is 588 g/mol. The van der Waals surface area contributed by atoms with Crippen molar-refractivity contribution in [3.63, 3.8) is 0 Å². The lowest BCUT2D eigenvalue weighted by molar-refractivity contribution is -0.141. The van der Waals surface area contributed by atoms with Gasteiger partial charge in [0.05, 0.1) is 10.9 Å². The second-order valence-electron chi connectivity index (χ2n) is 10.9. The van der Waals surface area contributed by atoms with E-state index in [-0.39, 0.29) is 47.8 Å². The molecule has 0 bridgehead atoms. The Bertz CT molecular complexity index is 1570. The van der Waals surface area contributed by atoms with Crippen LogP contribution in [0.5, 0.6) is 0 Å². The van der Waals surface area contributed by atoms with Crippen LogP contribution in [0, 0.1) is 17.6 Å². The number of anilines is 1. The maximum absolute atomic E-state index is 14.3. The van der Waals surface area contributed by atoms with Gasteiger partial charge < -0.3 is 25.8 Å². The standard InChI is InChI=1S/C28H28BrF2N5O4/c1-13(2)6-22(35(3)25(38)21-10-16-18(31)8-15(30)9-20(16)33-21)26(39)36-12-28(11-23(36)24(32)37)17-7-14(29)4-5-19(17)34-27(28)40/h4-5,7-10,13,22-23,33H,6,11-12H2,1-3H3,(H2,32,37)(H,34,40)/t22-,23?,28-/m0/s1. The number of primary amides is 1. The lowest BCUT2D eigenvalue weighted by Gasteiger charge is -2.33. The maximum atomic E-state index is 14.3. The van der Waals surface area contributed by atoms with E-state index in [0.29, 0.717) is 11.3 Å². The topological polar surface area (TPSA) is 129 Å². The number of likely N-dealkylation sites (tertiary alicyclic amines) is 1. The van der Waals surface area contributed by atoms with Gasteiger partial charge in [0, 0.05) is 35.2 Å². The number of carbonyl (C=O) groups excluding carboxylic acids is 4. The molecule has 2 aliphatic rings. The summed E-state index contributed by atoms with van der Waals surface area (Å²) in [6, 6.07) is 6.30. The Kier molecular flexibility index (Phi) is 6.93. The lowest BCUT2D eigenvalue weighted by atomic mass is 9.79. The smallest absolute Gasteiger partial charge is 0.270 e. The third-order valence-corrected chi connectivity index (χ3v) is 8.29. The molecule has 1 aromatic heterocycles. The van der Waals surface area contributed by atoms with Crippen LogP contribution in [0.1, 0.15) is 42.7 Å². The maximum Gasteiger partial charge on any atom is 0.270 e. The van der Waals surface area contributed by atoms with Gasteiger partial charge in [-0.3, -0.25) is 19.2 Å². The Morgan fingerprint density at radius 1 is 1.20 bits per heavy atom. The average Bonchev–Trinajstić information content (AvgIpc) is 3.57. The highest BCUT2D eigenvalue weighted by Gasteiger charge is 2.58. The summed E-state index contributed by atoms with van der Waals surface area (Å²) >= 11 is 3.43. The SMILES string of the molecule is CC(C)C[C@@H](C(=O)N1C[C@]2(CC1C(N)=O)C(=O)Nc1ccc(Br)cc12)N(C)C(=O)c1cc2c(F)cc(F)cc2[nH]1. The Hall–Kier alpha value is -3.80. The lowest BCUT2D eigenvalue weighted by Crippen LogP contribution is -2.54. The molecule has 0 saturated carbocycles. The molecule has 9 nitrogen and oxygen atoms in total. The summed E-state index contributed by atoms with van der Waals surface area (Å²) in [7, 11) is 1.44. The molecule has 2 aromatic carbocycles. The molecule has 12 heteroatoms. The molecule has 4 amide bonds. The van der Waals surface area contributed by atoms with Crippen molar-refractivity contribution >= 4 is 56.1 Å². The van der Waals surface area contributed by atoms with Crippen molar-refractivity contribution in [1.29, 1.82) is 0 Å². The van der Waals surface area contributed by atoms with Crippen molar-refractivity contribution in [2.75, 3.05) is 18.9 Å². The molecule has 1 spiro atoms. The Morgan fingerprint density at radius 3 is 2.60 bits per heavy atom. The van der Waals surface area contributed by atoms with Crippen molar-refractivity contribution in [2.45, 2.75) is 44.2 Å². The first-order valence-electron chi connectivity index (χ1n) is 12.8. The minimum absolute atomic E-state index is 0.00226. The van der Waals surface area contributed by atoms with Gasteiger partial charge >= 0.3 is 0 Å². The van der Waals surface area contributed by atoms with Crippen LogP contribution in [0.15, 0.2) is 40.9 Å². The Balaban J connectivity index is 1.49. The van der Waals surface area contributed by atoms with Crippen LogP contribution in [0.2, 0.25) is 0 Å². The third-order valence-electron chi connectivity index (χ3n) is 7.80. The summed E-state index contributed by atoms with van der Waals surface area (Å²) < 4.78 is 28.7. The number of nitrogens with zero attached hydrogens (tertiary/aromatic N) is 2. The van der Waals surface area contributed by atoms with Gasteiger partial charge in [-0.05, 0) is 54.7 Å². The number of benzene rings is 2. The molecular formula is C28H28BrF2N5O4. The zero-order valence-corrected chi connectivity index (χ0v) is 23.6. The summed E-state index contributed by atoms with van der Waals surface area (Å²) in [5.74, 6) is -3.89. The number of aromatic nitrogens is 1. The summed E-state index contributed by atoms with van der Waals surface area (Å²) in [5.41, 5.74) is 5.90. The molecule has 0 aliphatic carbocycles. The first-order chi connectivity index (χ1) is 18.8. The number of aromatic amines is 1. The molecule has 210 valence electrons. The van der Waals surface area contributed by atoms with Crippen molar-refractivity contribution < 1.29 is 28.0 Å². The van der Waals surface area contributed by atoms with E-state index in [9.17, 15) is 28.0 Å². The second kappa shape index (κ2) is 9.99. The van der Waals surface area contributed by atoms with E-state index in [2.05, 4.69) is 26.2 Å². The second-order valence-corrected chi connectivity index (χ2v) is 11.8. The number of hydrogen-bond donors (Lipinski definition) is 3. The van der Waals surface area contributed by atoms with Gasteiger partial charge in [-0.15, -0.1) is 0 Å². The normalized spacial score (nSPS) is 20.7. The minimum Gasteiger partial charge on any atom is -0.368 e. The van der Waals surface area contributed by atoms with Crippen LogP contribution in [0.25, 0.3) is 10.9 Å². The van der Waals surface area contributed by atoms with E-state index in [0.717, 1.165) is 16.6 Å². The van der Waals surface area contributed by atoms with Gasteiger partial charge in [0.1, 0.15) is 29.4 Å². The van der Waals surface area contributed by atoms with E-state index in [1.807, 2.05) is 13.8 Å². The zero-order chi connectivity index (χ0) is 29.1. The summed E-state index contributed by atoms with van der Waals surface area (Å²) in [6.45, 7) is 3.67. The molecule has 1 unspecified atom stereocenters. The number of fused-ring (bicyclic) bond motifs is 3. The zero-order valence-electron chi connectivity index (χ0n) is 22.1. The fraction of sp³-hybridized carbons (Fsp3) is 0.357. The van der Waals surface area contributed by atoms with Gasteiger partial charge in [0.15, 0.2) is 0 Å². The molecule has 4 N–H and O–H groups in total. The number of rotatable bonds is 6. The molecule has 5 rings (SSSR count). The monoisotopic (exact) mass is 615 g/mol. The molecule has 3 aromatic rings. The van der Waals surface area contributed by atoms with Crippen molar-refractivity contribution in [1.82, 2.24) is 14.8 Å². The number of likely N-dealkylation sites (N-methyl/N-ethyl adjacent to an activating group) is 1. The van der Waals surface area contributed by atoms with E-state index in [1.165, 1.54) is 22.9 Å². The first kappa shape index (κ1) is 27.8.